The summed E-state index contributed by atoms with van der Waals surface area (Å²) in [6.45, 7) is 2.11. The van der Waals surface area contributed by atoms with Crippen LogP contribution >= 0.6 is 11.6 Å². The average molecular weight is 443 g/mol. The maximum absolute atomic E-state index is 13.0. The lowest BCUT2D eigenvalue weighted by Crippen LogP contribution is -2.45. The molecule has 164 valence electrons. The van der Waals surface area contributed by atoms with E-state index in [1.54, 1.807) is 24.3 Å². The van der Waals surface area contributed by atoms with Gasteiger partial charge in [0.25, 0.3) is 0 Å². The summed E-state index contributed by atoms with van der Waals surface area (Å²) < 4.78 is 0. The molecule has 0 aromatic heterocycles. The van der Waals surface area contributed by atoms with E-state index in [2.05, 4.69) is 28.6 Å². The first-order valence-corrected chi connectivity index (χ1v) is 10.9. The number of likely N-dealkylation sites (tertiary alicyclic amines) is 1. The third-order valence-electron chi connectivity index (χ3n) is 5.94. The van der Waals surface area contributed by atoms with Crippen molar-refractivity contribution in [2.45, 2.75) is 31.4 Å². The highest BCUT2D eigenvalue weighted by atomic mass is 35.5. The highest BCUT2D eigenvalue weighted by Crippen LogP contribution is 2.24. The fourth-order valence-electron chi connectivity index (χ4n) is 4.16. The van der Waals surface area contributed by atoms with Crippen molar-refractivity contribution < 1.29 is 14.7 Å². The number of hydrogen-bond donors (Lipinski definition) is 3. The molecule has 2 heterocycles. The van der Waals surface area contributed by atoms with Crippen molar-refractivity contribution in [3.05, 3.63) is 58.6 Å². The number of nitrogens with zero attached hydrogens (tertiary/aromatic N) is 2. The molecule has 1 saturated heterocycles. The number of carbonyl (C=O) groups is 2. The van der Waals surface area contributed by atoms with E-state index < -0.39 is 18.2 Å². The minimum atomic E-state index is -0.743. The summed E-state index contributed by atoms with van der Waals surface area (Å²) in [5, 5.41) is 16.4. The standard InChI is InChI=1S/C23H27ClN4O3/c1-27-10-8-15-2-5-19(12-16(15)9-11-27)25-22(30)21-13-20(29)14-28(21)23(31)26-18-6-3-17(24)4-7-18/h2-7,12,20-21,29H,8-11,13-14H2,1H3,(H,25,30)(H,26,31)/t20?,21-/m1/s1. The lowest BCUT2D eigenvalue weighted by molar-refractivity contribution is -0.119. The molecular weight excluding hydrogens is 416 g/mol. The second kappa shape index (κ2) is 9.26. The van der Waals surface area contributed by atoms with Crippen molar-refractivity contribution >= 4 is 34.9 Å². The number of β-amino-alcohol motifs (C(OH)–C–C–N with tert-alkyl or cyclic N) is 1. The smallest absolute Gasteiger partial charge is 0.322 e. The summed E-state index contributed by atoms with van der Waals surface area (Å²) >= 11 is 5.89. The summed E-state index contributed by atoms with van der Waals surface area (Å²) in [5.41, 5.74) is 3.84. The topological polar surface area (TPSA) is 84.9 Å². The maximum atomic E-state index is 13.0. The Labute approximate surface area is 187 Å². The van der Waals surface area contributed by atoms with Crippen molar-refractivity contribution in [3.63, 3.8) is 0 Å². The summed E-state index contributed by atoms with van der Waals surface area (Å²) in [7, 11) is 2.11. The minimum absolute atomic E-state index is 0.105. The molecule has 3 amide bonds. The van der Waals surface area contributed by atoms with E-state index in [0.717, 1.165) is 25.9 Å². The molecule has 4 rings (SSSR count). The molecular formula is C23H27ClN4O3. The molecule has 2 atom stereocenters. The zero-order valence-corrected chi connectivity index (χ0v) is 18.2. The summed E-state index contributed by atoms with van der Waals surface area (Å²) in [6, 6.07) is 11.6. The van der Waals surface area contributed by atoms with Crippen molar-refractivity contribution in [2.24, 2.45) is 0 Å². The lowest BCUT2D eigenvalue weighted by Gasteiger charge is -2.24. The van der Waals surface area contributed by atoms with Crippen LogP contribution in [0.5, 0.6) is 0 Å². The molecule has 2 aromatic carbocycles. The van der Waals surface area contributed by atoms with Gasteiger partial charge in [0.05, 0.1) is 6.10 Å². The zero-order valence-electron chi connectivity index (χ0n) is 17.5. The highest BCUT2D eigenvalue weighted by Gasteiger charge is 2.39. The molecule has 0 radical (unpaired) electrons. The number of urea groups is 1. The largest absolute Gasteiger partial charge is 0.391 e. The van der Waals surface area contributed by atoms with Gasteiger partial charge in [-0.05, 0) is 67.4 Å². The number of nitrogens with one attached hydrogen (secondary N) is 2. The van der Waals surface area contributed by atoms with Gasteiger partial charge in [-0.1, -0.05) is 17.7 Å². The zero-order chi connectivity index (χ0) is 22.0. The van der Waals surface area contributed by atoms with Gasteiger partial charge in [0.15, 0.2) is 0 Å². The van der Waals surface area contributed by atoms with E-state index in [1.165, 1.54) is 16.0 Å². The van der Waals surface area contributed by atoms with Gasteiger partial charge in [0, 0.05) is 42.5 Å². The van der Waals surface area contributed by atoms with Crippen LogP contribution in [0, 0.1) is 0 Å². The van der Waals surface area contributed by atoms with E-state index in [4.69, 9.17) is 11.6 Å². The summed E-state index contributed by atoms with van der Waals surface area (Å²) in [6.07, 6.45) is 1.39. The molecule has 8 heteroatoms. The van der Waals surface area contributed by atoms with Gasteiger partial charge in [-0.2, -0.15) is 0 Å². The molecule has 0 spiro atoms. The van der Waals surface area contributed by atoms with Gasteiger partial charge in [-0.3, -0.25) is 4.79 Å². The molecule has 31 heavy (non-hydrogen) atoms. The molecule has 0 aliphatic carbocycles. The van der Waals surface area contributed by atoms with Crippen LogP contribution < -0.4 is 10.6 Å². The molecule has 2 aliphatic heterocycles. The van der Waals surface area contributed by atoms with E-state index in [1.807, 2.05) is 12.1 Å². The van der Waals surface area contributed by atoms with Crippen LogP contribution in [0.1, 0.15) is 17.5 Å². The van der Waals surface area contributed by atoms with Crippen molar-refractivity contribution in [2.75, 3.05) is 37.3 Å². The predicted molar refractivity (Wildman–Crippen MR) is 122 cm³/mol. The summed E-state index contributed by atoms with van der Waals surface area (Å²) in [4.78, 5) is 29.4. The van der Waals surface area contributed by atoms with Crippen LogP contribution in [0.15, 0.2) is 42.5 Å². The Hall–Kier alpha value is -2.61. The van der Waals surface area contributed by atoms with E-state index in [9.17, 15) is 14.7 Å². The molecule has 0 bridgehead atoms. The minimum Gasteiger partial charge on any atom is -0.391 e. The van der Waals surface area contributed by atoms with E-state index in [0.29, 0.717) is 16.4 Å². The van der Waals surface area contributed by atoms with Crippen LogP contribution in [0.3, 0.4) is 0 Å². The fraction of sp³-hybridized carbons (Fsp3) is 0.391. The van der Waals surface area contributed by atoms with Crippen LogP contribution in [-0.4, -0.2) is 65.7 Å². The van der Waals surface area contributed by atoms with E-state index in [-0.39, 0.29) is 18.9 Å². The van der Waals surface area contributed by atoms with Crippen molar-refractivity contribution in [1.29, 1.82) is 0 Å². The molecule has 1 unspecified atom stereocenters. The first-order valence-electron chi connectivity index (χ1n) is 10.5. The Morgan fingerprint density at radius 1 is 1.00 bits per heavy atom. The number of anilines is 2. The summed E-state index contributed by atoms with van der Waals surface area (Å²) in [5.74, 6) is -0.298. The van der Waals surface area contributed by atoms with Crippen LogP contribution in [-0.2, 0) is 17.6 Å². The van der Waals surface area contributed by atoms with Gasteiger partial charge >= 0.3 is 6.03 Å². The van der Waals surface area contributed by atoms with Gasteiger partial charge in [0.1, 0.15) is 6.04 Å². The lowest BCUT2D eigenvalue weighted by atomic mass is 10.0. The third kappa shape index (κ3) is 5.18. The van der Waals surface area contributed by atoms with Gasteiger partial charge in [-0.15, -0.1) is 0 Å². The van der Waals surface area contributed by atoms with Crippen molar-refractivity contribution in [1.82, 2.24) is 9.80 Å². The van der Waals surface area contributed by atoms with Crippen LogP contribution in [0.2, 0.25) is 5.02 Å². The first kappa shape index (κ1) is 21.6. The highest BCUT2D eigenvalue weighted by molar-refractivity contribution is 6.30. The molecule has 7 nitrogen and oxygen atoms in total. The second-order valence-electron chi connectivity index (χ2n) is 8.27. The number of rotatable bonds is 3. The van der Waals surface area contributed by atoms with Crippen LogP contribution in [0.4, 0.5) is 16.2 Å². The Morgan fingerprint density at radius 3 is 2.42 bits per heavy atom. The normalized spacial score (nSPS) is 21.3. The first-order chi connectivity index (χ1) is 14.9. The van der Waals surface area contributed by atoms with E-state index >= 15 is 0 Å². The SMILES string of the molecule is CN1CCc2ccc(NC(=O)[C@H]3CC(O)CN3C(=O)Nc3ccc(Cl)cc3)cc2CC1. The van der Waals surface area contributed by atoms with Gasteiger partial charge < -0.3 is 25.5 Å². The fourth-order valence-corrected chi connectivity index (χ4v) is 4.28. The Morgan fingerprint density at radius 2 is 1.68 bits per heavy atom. The predicted octanol–water partition coefficient (Wildman–Crippen LogP) is 2.98. The average Bonchev–Trinajstić information content (AvgIpc) is 3.05. The maximum Gasteiger partial charge on any atom is 0.322 e. The quantitative estimate of drug-likeness (QED) is 0.682. The number of likely N-dealkylation sites (N-methyl/N-ethyl adjacent to an activating group) is 1. The molecule has 3 N–H and O–H groups in total. The molecule has 2 aliphatic rings. The number of benzene rings is 2. The number of fused-ring (bicyclic) bond motifs is 1. The monoisotopic (exact) mass is 442 g/mol. The number of halogens is 1. The second-order valence-corrected chi connectivity index (χ2v) is 8.71. The Balaban J connectivity index is 1.44. The van der Waals surface area contributed by atoms with Gasteiger partial charge in [-0.25, -0.2) is 4.79 Å². The number of amides is 3. The van der Waals surface area contributed by atoms with Crippen molar-refractivity contribution in [3.8, 4) is 0 Å². The number of carbonyl (C=O) groups excluding carboxylic acids is 2. The Bertz CT molecular complexity index is 966. The number of hydrogen-bond acceptors (Lipinski definition) is 4. The third-order valence-corrected chi connectivity index (χ3v) is 6.19. The number of aliphatic hydroxyl groups excluding tert-OH is 1. The Kier molecular flexibility index (Phi) is 6.46. The molecule has 2 aromatic rings. The molecule has 0 saturated carbocycles. The molecule has 1 fully saturated rings. The van der Waals surface area contributed by atoms with Crippen LogP contribution in [0.25, 0.3) is 0 Å². The van der Waals surface area contributed by atoms with Gasteiger partial charge in [0.2, 0.25) is 5.91 Å². The number of aliphatic hydroxyl groups is 1.